The molecule has 1 heterocycles. The van der Waals surface area contributed by atoms with Crippen molar-refractivity contribution in [2.75, 3.05) is 0 Å². The number of hydrogen-bond acceptors (Lipinski definition) is 3. The Hall–Kier alpha value is -1.51. The lowest BCUT2D eigenvalue weighted by molar-refractivity contribution is -0.127. The molecule has 0 aliphatic rings. The molecule has 0 aromatic carbocycles. The molecule has 0 saturated heterocycles. The van der Waals surface area contributed by atoms with E-state index in [1.807, 2.05) is 39.1 Å². The number of hydrogen-bond donors (Lipinski definition) is 0. The summed E-state index contributed by atoms with van der Waals surface area (Å²) >= 11 is 0. The second-order valence-electron chi connectivity index (χ2n) is 7.96. The maximum Gasteiger partial charge on any atom is 0.146 e. The molecule has 116 valence electrons. The minimum atomic E-state index is -0.0655. The van der Waals surface area contributed by atoms with E-state index in [0.29, 0.717) is 6.42 Å². The van der Waals surface area contributed by atoms with Crippen LogP contribution in [0, 0.1) is 5.41 Å². The van der Waals surface area contributed by atoms with Gasteiger partial charge in [-0.2, -0.15) is 0 Å². The first kappa shape index (κ1) is 17.5. The van der Waals surface area contributed by atoms with Crippen LogP contribution in [-0.2, 0) is 21.4 Å². The van der Waals surface area contributed by atoms with Crippen LogP contribution < -0.4 is 0 Å². The summed E-state index contributed by atoms with van der Waals surface area (Å²) < 4.78 is 0. The predicted octanol–water partition coefficient (Wildman–Crippen LogP) is 3.89. The molecule has 0 amide bonds. The van der Waals surface area contributed by atoms with E-state index >= 15 is 0 Å². The number of aromatic nitrogens is 1. The zero-order valence-corrected chi connectivity index (χ0v) is 14.1. The Balaban J connectivity index is 2.58. The molecule has 1 aromatic heterocycles. The number of carbonyl (C=O) groups is 2. The van der Waals surface area contributed by atoms with Crippen molar-refractivity contribution in [3.05, 3.63) is 29.6 Å². The molecule has 0 unspecified atom stereocenters. The second kappa shape index (κ2) is 6.50. The number of nitrogens with zero attached hydrogens (tertiary/aromatic N) is 1. The van der Waals surface area contributed by atoms with E-state index in [4.69, 9.17) is 0 Å². The third-order valence-corrected chi connectivity index (χ3v) is 3.19. The van der Waals surface area contributed by atoms with Crippen LogP contribution >= 0.6 is 0 Å². The summed E-state index contributed by atoms with van der Waals surface area (Å²) in [5, 5.41) is 0. The molecule has 0 aliphatic heterocycles. The Morgan fingerprint density at radius 3 is 2.05 bits per heavy atom. The summed E-state index contributed by atoms with van der Waals surface area (Å²) in [5.74, 6) is -0.0425. The van der Waals surface area contributed by atoms with Crippen molar-refractivity contribution in [1.82, 2.24) is 4.98 Å². The van der Waals surface area contributed by atoms with Gasteiger partial charge in [0.2, 0.25) is 0 Å². The summed E-state index contributed by atoms with van der Waals surface area (Å²) in [7, 11) is 0. The predicted molar refractivity (Wildman–Crippen MR) is 85.3 cm³/mol. The second-order valence-corrected chi connectivity index (χ2v) is 7.96. The van der Waals surface area contributed by atoms with Crippen molar-refractivity contribution < 1.29 is 9.59 Å². The van der Waals surface area contributed by atoms with Gasteiger partial charge in [-0.25, -0.2) is 0 Å². The van der Waals surface area contributed by atoms with Crippen molar-refractivity contribution in [2.24, 2.45) is 5.41 Å². The largest absolute Gasteiger partial charge is 0.299 e. The smallest absolute Gasteiger partial charge is 0.146 e. The van der Waals surface area contributed by atoms with Crippen LogP contribution in [0.1, 0.15) is 65.6 Å². The Morgan fingerprint density at radius 1 is 1.00 bits per heavy atom. The van der Waals surface area contributed by atoms with Crippen LogP contribution in [0.15, 0.2) is 18.3 Å². The summed E-state index contributed by atoms with van der Waals surface area (Å²) in [6.45, 7) is 12.4. The van der Waals surface area contributed by atoms with Gasteiger partial charge >= 0.3 is 0 Å². The van der Waals surface area contributed by atoms with E-state index in [2.05, 4.69) is 25.8 Å². The fourth-order valence-corrected chi connectivity index (χ4v) is 2.11. The number of rotatable bonds is 5. The highest BCUT2D eigenvalue weighted by molar-refractivity contribution is 5.99. The van der Waals surface area contributed by atoms with Gasteiger partial charge in [-0.15, -0.1) is 0 Å². The van der Waals surface area contributed by atoms with Crippen LogP contribution in [0.5, 0.6) is 0 Å². The molecule has 3 heteroatoms. The van der Waals surface area contributed by atoms with Gasteiger partial charge in [0.1, 0.15) is 11.6 Å². The van der Waals surface area contributed by atoms with Crippen LogP contribution in [0.3, 0.4) is 0 Å². The van der Waals surface area contributed by atoms with Gasteiger partial charge in [0.05, 0.1) is 6.42 Å². The summed E-state index contributed by atoms with van der Waals surface area (Å²) in [5.41, 5.74) is 1.86. The van der Waals surface area contributed by atoms with Crippen molar-refractivity contribution in [1.29, 1.82) is 0 Å². The van der Waals surface area contributed by atoms with Crippen molar-refractivity contribution in [3.63, 3.8) is 0 Å². The topological polar surface area (TPSA) is 47.0 Å². The molecule has 0 fully saturated rings. The Labute approximate surface area is 128 Å². The molecule has 21 heavy (non-hydrogen) atoms. The fourth-order valence-electron chi connectivity index (χ4n) is 2.11. The van der Waals surface area contributed by atoms with E-state index in [0.717, 1.165) is 11.3 Å². The highest BCUT2D eigenvalue weighted by Crippen LogP contribution is 2.22. The number of pyridine rings is 1. The van der Waals surface area contributed by atoms with Crippen LogP contribution in [-0.4, -0.2) is 16.6 Å². The quantitative estimate of drug-likeness (QED) is 0.773. The van der Waals surface area contributed by atoms with E-state index in [9.17, 15) is 9.59 Å². The minimum absolute atomic E-state index is 0.0128. The van der Waals surface area contributed by atoms with Gasteiger partial charge in [0, 0.05) is 24.7 Å². The van der Waals surface area contributed by atoms with E-state index in [1.54, 1.807) is 0 Å². The van der Waals surface area contributed by atoms with Crippen molar-refractivity contribution >= 4 is 11.6 Å². The summed E-state index contributed by atoms with van der Waals surface area (Å²) in [6.07, 6.45) is 2.51. The van der Waals surface area contributed by atoms with Gasteiger partial charge in [0.15, 0.2) is 0 Å². The fraction of sp³-hybridized carbons (Fsp3) is 0.611. The first-order valence-corrected chi connectivity index (χ1v) is 7.46. The van der Waals surface area contributed by atoms with Gasteiger partial charge in [-0.1, -0.05) is 47.6 Å². The lowest BCUT2D eigenvalue weighted by atomic mass is 9.87. The molecule has 0 N–H and O–H groups in total. The maximum atomic E-state index is 11.9. The average Bonchev–Trinajstić information content (AvgIpc) is 2.25. The highest BCUT2D eigenvalue weighted by Gasteiger charge is 2.19. The molecule has 0 spiro atoms. The van der Waals surface area contributed by atoms with Gasteiger partial charge in [0.25, 0.3) is 0 Å². The molecular weight excluding hydrogens is 262 g/mol. The number of carbonyl (C=O) groups excluding carboxylic acids is 2. The average molecular weight is 289 g/mol. The SMILES string of the molecule is CC(C)(C)CC(=O)CC(=O)Cc1ccc(C(C)(C)C)cn1. The van der Waals surface area contributed by atoms with Gasteiger partial charge in [-0.05, 0) is 22.5 Å². The standard InChI is InChI=1S/C18H27NO2/c1-17(2,3)11-16(21)10-15(20)9-14-8-7-13(12-19-14)18(4,5)6/h7-8,12H,9-11H2,1-6H3. The molecule has 3 nitrogen and oxygen atoms in total. The van der Waals surface area contributed by atoms with E-state index in [-0.39, 0.29) is 35.2 Å². The molecule has 0 saturated carbocycles. The Kier molecular flexibility index (Phi) is 5.43. The molecule has 1 rings (SSSR count). The van der Waals surface area contributed by atoms with Crippen LogP contribution in [0.4, 0.5) is 0 Å². The van der Waals surface area contributed by atoms with Crippen molar-refractivity contribution in [3.8, 4) is 0 Å². The van der Waals surface area contributed by atoms with Gasteiger partial charge in [-0.3, -0.25) is 14.6 Å². The zero-order valence-electron chi connectivity index (χ0n) is 14.1. The van der Waals surface area contributed by atoms with Crippen molar-refractivity contribution in [2.45, 2.75) is 66.2 Å². The van der Waals surface area contributed by atoms with E-state index in [1.165, 1.54) is 0 Å². The molecule has 0 aliphatic carbocycles. The number of ketones is 2. The monoisotopic (exact) mass is 289 g/mol. The van der Waals surface area contributed by atoms with Gasteiger partial charge < -0.3 is 0 Å². The first-order valence-electron chi connectivity index (χ1n) is 7.46. The van der Waals surface area contributed by atoms with E-state index < -0.39 is 0 Å². The summed E-state index contributed by atoms with van der Waals surface area (Å²) in [6, 6.07) is 3.89. The lowest BCUT2D eigenvalue weighted by Gasteiger charge is -2.18. The molecule has 0 bridgehead atoms. The Morgan fingerprint density at radius 2 is 1.62 bits per heavy atom. The molecule has 0 atom stereocenters. The van der Waals surface area contributed by atoms with Crippen LogP contribution in [0.25, 0.3) is 0 Å². The minimum Gasteiger partial charge on any atom is -0.299 e. The van der Waals surface area contributed by atoms with Crippen LogP contribution in [0.2, 0.25) is 0 Å². The lowest BCUT2D eigenvalue weighted by Crippen LogP contribution is -2.17. The normalized spacial score (nSPS) is 12.3. The molecular formula is C18H27NO2. The highest BCUT2D eigenvalue weighted by atomic mass is 16.1. The third kappa shape index (κ3) is 6.65. The number of Topliss-reactive ketones (excluding diaryl/α,β-unsaturated/α-hetero) is 2. The third-order valence-electron chi connectivity index (χ3n) is 3.19. The first-order chi connectivity index (χ1) is 9.47. The summed E-state index contributed by atoms with van der Waals surface area (Å²) in [4.78, 5) is 28.1. The zero-order chi connectivity index (χ0) is 16.3. The molecule has 1 aromatic rings. The maximum absolute atomic E-state index is 11.9. The Bertz CT molecular complexity index is 502. The molecule has 0 radical (unpaired) electrons.